The summed E-state index contributed by atoms with van der Waals surface area (Å²) in [5.41, 5.74) is 2.52. The Morgan fingerprint density at radius 3 is 2.04 bits per heavy atom. The zero-order valence-corrected chi connectivity index (χ0v) is 14.1. The van der Waals surface area contributed by atoms with Gasteiger partial charge in [0, 0.05) is 5.56 Å². The molecule has 3 rings (SSSR count). The number of aromatic nitrogens is 3. The molecule has 0 aliphatic heterocycles. The predicted molar refractivity (Wildman–Crippen MR) is 91.0 cm³/mol. The molecule has 0 aliphatic rings. The van der Waals surface area contributed by atoms with Crippen molar-refractivity contribution in [3.8, 4) is 22.6 Å². The summed E-state index contributed by atoms with van der Waals surface area (Å²) in [5.74, 6) is 0. The molecule has 25 heavy (non-hydrogen) atoms. The second kappa shape index (κ2) is 6.02. The van der Waals surface area contributed by atoms with Crippen molar-refractivity contribution < 1.29 is 13.2 Å². The van der Waals surface area contributed by atoms with Crippen LogP contribution in [0.3, 0.4) is 0 Å². The number of aromatic amines is 1. The third-order valence-electron chi connectivity index (χ3n) is 3.94. The second-order valence-corrected chi connectivity index (χ2v) is 6.90. The van der Waals surface area contributed by atoms with Crippen LogP contribution in [0.25, 0.3) is 22.6 Å². The predicted octanol–water partition coefficient (Wildman–Crippen LogP) is 5.46. The molecular formula is C19H18F3N3. The number of nitrogens with one attached hydrogen (secondary N) is 1. The maximum absolute atomic E-state index is 12.7. The van der Waals surface area contributed by atoms with Crippen molar-refractivity contribution in [3.05, 3.63) is 59.8 Å². The van der Waals surface area contributed by atoms with Gasteiger partial charge in [-0.2, -0.15) is 18.3 Å². The fourth-order valence-corrected chi connectivity index (χ4v) is 2.48. The van der Waals surface area contributed by atoms with Gasteiger partial charge < -0.3 is 0 Å². The molecule has 0 saturated carbocycles. The van der Waals surface area contributed by atoms with Crippen molar-refractivity contribution in [2.24, 2.45) is 0 Å². The maximum atomic E-state index is 12.7. The molecule has 0 unspecified atom stereocenters. The molecule has 1 N–H and O–H groups in total. The monoisotopic (exact) mass is 345 g/mol. The van der Waals surface area contributed by atoms with Crippen LogP contribution in [0.1, 0.15) is 32.0 Å². The molecule has 0 amide bonds. The minimum Gasteiger partial charge on any atom is -0.273 e. The van der Waals surface area contributed by atoms with Crippen LogP contribution in [0, 0.1) is 0 Å². The summed E-state index contributed by atoms with van der Waals surface area (Å²) in [7, 11) is 0. The molecule has 0 bridgehead atoms. The zero-order chi connectivity index (χ0) is 18.2. The molecule has 3 nitrogen and oxygen atoms in total. The fourth-order valence-electron chi connectivity index (χ4n) is 2.48. The summed E-state index contributed by atoms with van der Waals surface area (Å²) in [4.78, 5) is 4.45. The summed E-state index contributed by atoms with van der Waals surface area (Å²) < 4.78 is 38.1. The van der Waals surface area contributed by atoms with E-state index in [9.17, 15) is 13.2 Å². The van der Waals surface area contributed by atoms with E-state index in [0.29, 0.717) is 11.4 Å². The molecule has 2 aromatic heterocycles. The van der Waals surface area contributed by atoms with E-state index in [1.165, 1.54) is 5.56 Å². The van der Waals surface area contributed by atoms with E-state index in [1.807, 2.05) is 35.4 Å². The highest BCUT2D eigenvalue weighted by Crippen LogP contribution is 2.31. The van der Waals surface area contributed by atoms with Crippen molar-refractivity contribution in [1.82, 2.24) is 15.2 Å². The molecule has 1 aromatic carbocycles. The van der Waals surface area contributed by atoms with Crippen molar-refractivity contribution >= 4 is 0 Å². The van der Waals surface area contributed by atoms with Crippen LogP contribution in [0.4, 0.5) is 13.2 Å². The quantitative estimate of drug-likeness (QED) is 0.670. The van der Waals surface area contributed by atoms with Gasteiger partial charge in [-0.1, -0.05) is 51.1 Å². The Balaban J connectivity index is 1.93. The Morgan fingerprint density at radius 1 is 0.840 bits per heavy atom. The van der Waals surface area contributed by atoms with E-state index in [1.54, 1.807) is 12.1 Å². The Morgan fingerprint density at radius 2 is 1.48 bits per heavy atom. The Hall–Kier alpha value is -2.63. The van der Waals surface area contributed by atoms with Crippen molar-refractivity contribution in [1.29, 1.82) is 0 Å². The maximum Gasteiger partial charge on any atom is 0.432 e. The molecule has 6 heteroatoms. The minimum absolute atomic E-state index is 0.0524. The lowest BCUT2D eigenvalue weighted by molar-refractivity contribution is -0.141. The van der Waals surface area contributed by atoms with Gasteiger partial charge in [-0.3, -0.25) is 5.10 Å². The normalized spacial score (nSPS) is 12.4. The lowest BCUT2D eigenvalue weighted by Gasteiger charge is -2.19. The highest BCUT2D eigenvalue weighted by atomic mass is 19.4. The molecule has 3 aromatic rings. The summed E-state index contributed by atoms with van der Waals surface area (Å²) >= 11 is 0. The number of halogens is 3. The van der Waals surface area contributed by atoms with Crippen molar-refractivity contribution in [2.75, 3.05) is 0 Å². The van der Waals surface area contributed by atoms with E-state index in [4.69, 9.17) is 0 Å². The van der Waals surface area contributed by atoms with E-state index in [-0.39, 0.29) is 11.1 Å². The van der Waals surface area contributed by atoms with E-state index in [0.717, 1.165) is 11.6 Å². The standard InChI is InChI=1S/C19H18F3N3/c1-18(2,3)13-9-7-12(8-10-13)14-5-4-6-15(23-14)16-11-17(25-24-16)19(20,21)22/h4-11H,1-3H3,(H,24,25). The highest BCUT2D eigenvalue weighted by molar-refractivity contribution is 5.64. The smallest absolute Gasteiger partial charge is 0.273 e. The first-order valence-corrected chi connectivity index (χ1v) is 7.85. The average molecular weight is 345 g/mol. The number of alkyl halides is 3. The summed E-state index contributed by atoms with van der Waals surface area (Å²) in [6.07, 6.45) is -4.45. The van der Waals surface area contributed by atoms with Crippen LogP contribution in [-0.2, 0) is 11.6 Å². The van der Waals surface area contributed by atoms with E-state index >= 15 is 0 Å². The number of hydrogen-bond acceptors (Lipinski definition) is 2. The van der Waals surface area contributed by atoms with Gasteiger partial charge in [-0.15, -0.1) is 0 Å². The van der Waals surface area contributed by atoms with Crippen LogP contribution < -0.4 is 0 Å². The molecular weight excluding hydrogens is 327 g/mol. The van der Waals surface area contributed by atoms with Gasteiger partial charge in [-0.25, -0.2) is 4.98 Å². The largest absolute Gasteiger partial charge is 0.432 e. The molecule has 0 fully saturated rings. The average Bonchev–Trinajstić information content (AvgIpc) is 3.05. The lowest BCUT2D eigenvalue weighted by Crippen LogP contribution is -2.10. The Kier molecular flexibility index (Phi) is 4.14. The summed E-state index contributed by atoms with van der Waals surface area (Å²) in [5, 5.41) is 5.74. The van der Waals surface area contributed by atoms with Gasteiger partial charge in [0.1, 0.15) is 11.4 Å². The molecule has 130 valence electrons. The molecule has 0 aliphatic carbocycles. The van der Waals surface area contributed by atoms with Crippen molar-refractivity contribution in [2.45, 2.75) is 32.4 Å². The Bertz CT molecular complexity index is 872. The third-order valence-corrected chi connectivity index (χ3v) is 3.94. The molecule has 0 spiro atoms. The van der Waals surface area contributed by atoms with E-state index in [2.05, 4.69) is 30.9 Å². The number of hydrogen-bond donors (Lipinski definition) is 1. The zero-order valence-electron chi connectivity index (χ0n) is 14.1. The first kappa shape index (κ1) is 17.2. The Labute approximate surface area is 143 Å². The third kappa shape index (κ3) is 3.73. The highest BCUT2D eigenvalue weighted by Gasteiger charge is 2.33. The van der Waals surface area contributed by atoms with E-state index < -0.39 is 11.9 Å². The molecule has 0 saturated heterocycles. The first-order chi connectivity index (χ1) is 11.6. The first-order valence-electron chi connectivity index (χ1n) is 7.85. The van der Waals surface area contributed by atoms with Crippen LogP contribution in [0.5, 0.6) is 0 Å². The van der Waals surface area contributed by atoms with Gasteiger partial charge in [0.2, 0.25) is 0 Å². The number of rotatable bonds is 2. The number of H-pyrrole nitrogens is 1. The number of nitrogens with zero attached hydrogens (tertiary/aromatic N) is 2. The SMILES string of the molecule is CC(C)(C)c1ccc(-c2cccc(-c3cc(C(F)(F)F)[nH]n3)n2)cc1. The summed E-state index contributed by atoms with van der Waals surface area (Å²) in [6, 6.07) is 14.2. The van der Waals surface area contributed by atoms with Gasteiger partial charge in [0.05, 0.1) is 11.4 Å². The van der Waals surface area contributed by atoms with Crippen LogP contribution in [0.2, 0.25) is 0 Å². The molecule has 2 heterocycles. The number of benzene rings is 1. The lowest BCUT2D eigenvalue weighted by atomic mass is 9.86. The fraction of sp³-hybridized carbons (Fsp3) is 0.263. The van der Waals surface area contributed by atoms with Gasteiger partial charge >= 0.3 is 6.18 Å². The molecule has 0 radical (unpaired) electrons. The topological polar surface area (TPSA) is 41.6 Å². The van der Waals surface area contributed by atoms with Crippen molar-refractivity contribution in [3.63, 3.8) is 0 Å². The second-order valence-electron chi connectivity index (χ2n) is 6.90. The van der Waals surface area contributed by atoms with Crippen LogP contribution in [0.15, 0.2) is 48.5 Å². The summed E-state index contributed by atoms with van der Waals surface area (Å²) in [6.45, 7) is 6.41. The minimum atomic E-state index is -4.45. The molecule has 0 atom stereocenters. The van der Waals surface area contributed by atoms with Gasteiger partial charge in [0.25, 0.3) is 0 Å². The van der Waals surface area contributed by atoms with Crippen LogP contribution >= 0.6 is 0 Å². The van der Waals surface area contributed by atoms with Gasteiger partial charge in [-0.05, 0) is 29.2 Å². The van der Waals surface area contributed by atoms with Crippen LogP contribution in [-0.4, -0.2) is 15.2 Å². The van der Waals surface area contributed by atoms with Gasteiger partial charge in [0.15, 0.2) is 0 Å². The number of pyridine rings is 1.